The average molecular weight is 358 g/mol. The van der Waals surface area contributed by atoms with E-state index in [4.69, 9.17) is 17.3 Å². The summed E-state index contributed by atoms with van der Waals surface area (Å²) >= 11 is 5.92. The molecule has 0 bridgehead atoms. The smallest absolute Gasteiger partial charge is 0.312 e. The van der Waals surface area contributed by atoms with Gasteiger partial charge in [-0.15, -0.1) is 0 Å². The lowest BCUT2D eigenvalue weighted by molar-refractivity contribution is -0.119. The molecule has 0 saturated carbocycles. The van der Waals surface area contributed by atoms with E-state index >= 15 is 0 Å². The Morgan fingerprint density at radius 2 is 1.92 bits per heavy atom. The third kappa shape index (κ3) is 3.77. The minimum Gasteiger partial charge on any atom is -0.352 e. The molecule has 0 aliphatic carbocycles. The molecule has 0 saturated heterocycles. The normalized spacial score (nSPS) is 17.0. The van der Waals surface area contributed by atoms with E-state index in [9.17, 15) is 9.59 Å². The van der Waals surface area contributed by atoms with Crippen molar-refractivity contribution in [3.8, 4) is 0 Å². The number of nitrogens with zero attached hydrogens (tertiary/aromatic N) is 1. The maximum atomic E-state index is 13.0. The van der Waals surface area contributed by atoms with Crippen molar-refractivity contribution in [2.45, 2.75) is 31.8 Å². The molecular formula is C19H20ClN3O2. The predicted octanol–water partition coefficient (Wildman–Crippen LogP) is 3.42. The SMILES string of the molecule is C[C@H]1Cc2ccccc2N1C(=O)C[C@@H](NC(N)=O)c1ccc(Cl)cc1. The number of nitrogens with one attached hydrogen (secondary N) is 1. The Hall–Kier alpha value is -2.53. The van der Waals surface area contributed by atoms with Crippen LogP contribution in [0, 0.1) is 0 Å². The van der Waals surface area contributed by atoms with Crippen LogP contribution in [-0.4, -0.2) is 18.0 Å². The Bertz CT molecular complexity index is 792. The van der Waals surface area contributed by atoms with Crippen LogP contribution in [0.3, 0.4) is 0 Å². The monoisotopic (exact) mass is 357 g/mol. The van der Waals surface area contributed by atoms with Gasteiger partial charge < -0.3 is 16.0 Å². The standard InChI is InChI=1S/C19H20ClN3O2/c1-12-10-14-4-2-3-5-17(14)23(12)18(24)11-16(22-19(21)25)13-6-8-15(20)9-7-13/h2-9,12,16H,10-11H2,1H3,(H3,21,22,25)/t12-,16+/m0/s1. The van der Waals surface area contributed by atoms with Gasteiger partial charge >= 0.3 is 6.03 Å². The number of hydrogen-bond donors (Lipinski definition) is 2. The number of amides is 3. The van der Waals surface area contributed by atoms with Crippen LogP contribution in [0.5, 0.6) is 0 Å². The number of para-hydroxylation sites is 1. The van der Waals surface area contributed by atoms with Crippen molar-refractivity contribution in [3.63, 3.8) is 0 Å². The molecule has 3 amide bonds. The Labute approximate surface area is 151 Å². The van der Waals surface area contributed by atoms with Crippen LogP contribution in [0.2, 0.25) is 5.02 Å². The Morgan fingerprint density at radius 3 is 2.60 bits per heavy atom. The lowest BCUT2D eigenvalue weighted by Crippen LogP contribution is -2.40. The summed E-state index contributed by atoms with van der Waals surface area (Å²) < 4.78 is 0. The van der Waals surface area contributed by atoms with Crippen LogP contribution in [0.4, 0.5) is 10.5 Å². The maximum Gasteiger partial charge on any atom is 0.312 e. The molecule has 6 heteroatoms. The summed E-state index contributed by atoms with van der Waals surface area (Å²) in [5, 5.41) is 3.25. The van der Waals surface area contributed by atoms with E-state index in [0.29, 0.717) is 5.02 Å². The molecule has 25 heavy (non-hydrogen) atoms. The Kier molecular flexibility index (Phi) is 4.95. The number of carbonyl (C=O) groups excluding carboxylic acids is 2. The van der Waals surface area contributed by atoms with Crippen LogP contribution in [0.25, 0.3) is 0 Å². The summed E-state index contributed by atoms with van der Waals surface area (Å²) in [6.45, 7) is 2.02. The van der Waals surface area contributed by atoms with Crippen LogP contribution in [0.1, 0.15) is 30.5 Å². The van der Waals surface area contributed by atoms with E-state index in [0.717, 1.165) is 23.2 Å². The van der Waals surface area contributed by atoms with Gasteiger partial charge in [-0.1, -0.05) is 41.9 Å². The molecule has 3 rings (SSSR count). The van der Waals surface area contributed by atoms with E-state index in [-0.39, 0.29) is 18.4 Å². The fourth-order valence-electron chi connectivity index (χ4n) is 3.34. The number of nitrogens with two attached hydrogens (primary N) is 1. The zero-order valence-corrected chi connectivity index (χ0v) is 14.7. The van der Waals surface area contributed by atoms with Crippen molar-refractivity contribution >= 4 is 29.2 Å². The highest BCUT2D eigenvalue weighted by atomic mass is 35.5. The van der Waals surface area contributed by atoms with Gasteiger partial charge in [0.15, 0.2) is 0 Å². The van der Waals surface area contributed by atoms with Crippen molar-refractivity contribution in [2.75, 3.05) is 4.90 Å². The van der Waals surface area contributed by atoms with Gasteiger partial charge in [0.05, 0.1) is 12.5 Å². The summed E-state index contributed by atoms with van der Waals surface area (Å²) in [6, 6.07) is 13.9. The van der Waals surface area contributed by atoms with Gasteiger partial charge in [0, 0.05) is 16.8 Å². The molecule has 0 fully saturated rings. The van der Waals surface area contributed by atoms with E-state index in [1.807, 2.05) is 31.2 Å². The molecule has 2 aromatic carbocycles. The van der Waals surface area contributed by atoms with Gasteiger partial charge in [-0.2, -0.15) is 0 Å². The van der Waals surface area contributed by atoms with Gasteiger partial charge in [0.1, 0.15) is 0 Å². The number of urea groups is 1. The van der Waals surface area contributed by atoms with Crippen molar-refractivity contribution in [3.05, 3.63) is 64.7 Å². The van der Waals surface area contributed by atoms with Crippen LogP contribution in [-0.2, 0) is 11.2 Å². The fraction of sp³-hybridized carbons (Fsp3) is 0.263. The van der Waals surface area contributed by atoms with Gasteiger partial charge in [-0.3, -0.25) is 4.79 Å². The van der Waals surface area contributed by atoms with Crippen molar-refractivity contribution < 1.29 is 9.59 Å². The number of halogens is 1. The number of rotatable bonds is 4. The second-order valence-electron chi connectivity index (χ2n) is 6.26. The highest BCUT2D eigenvalue weighted by Crippen LogP contribution is 2.33. The van der Waals surface area contributed by atoms with E-state index in [1.165, 1.54) is 0 Å². The predicted molar refractivity (Wildman–Crippen MR) is 98.6 cm³/mol. The van der Waals surface area contributed by atoms with E-state index in [2.05, 4.69) is 5.32 Å². The average Bonchev–Trinajstić information content (AvgIpc) is 2.90. The van der Waals surface area contributed by atoms with E-state index in [1.54, 1.807) is 29.2 Å². The first-order chi connectivity index (χ1) is 12.0. The molecule has 1 aliphatic rings. The van der Waals surface area contributed by atoms with Crippen LogP contribution < -0.4 is 16.0 Å². The summed E-state index contributed by atoms with van der Waals surface area (Å²) in [5.41, 5.74) is 8.18. The first-order valence-corrected chi connectivity index (χ1v) is 8.55. The molecular weight excluding hydrogens is 338 g/mol. The van der Waals surface area contributed by atoms with Gasteiger partial charge in [0.25, 0.3) is 0 Å². The first-order valence-electron chi connectivity index (χ1n) is 8.17. The largest absolute Gasteiger partial charge is 0.352 e. The highest BCUT2D eigenvalue weighted by molar-refractivity contribution is 6.30. The second-order valence-corrected chi connectivity index (χ2v) is 6.70. The zero-order valence-electron chi connectivity index (χ0n) is 13.9. The molecule has 0 unspecified atom stereocenters. The Balaban J connectivity index is 1.83. The van der Waals surface area contributed by atoms with Gasteiger partial charge in [-0.25, -0.2) is 4.79 Å². The number of primary amides is 1. The molecule has 130 valence electrons. The summed E-state index contributed by atoms with van der Waals surface area (Å²) in [7, 11) is 0. The lowest BCUT2D eigenvalue weighted by atomic mass is 10.0. The van der Waals surface area contributed by atoms with Crippen LogP contribution >= 0.6 is 11.6 Å². The molecule has 3 N–H and O–H groups in total. The molecule has 0 spiro atoms. The van der Waals surface area contributed by atoms with Crippen molar-refractivity contribution in [1.29, 1.82) is 0 Å². The summed E-state index contributed by atoms with van der Waals surface area (Å²) in [4.78, 5) is 26.1. The van der Waals surface area contributed by atoms with E-state index < -0.39 is 12.1 Å². The number of carbonyl (C=O) groups is 2. The molecule has 0 radical (unpaired) electrons. The quantitative estimate of drug-likeness (QED) is 0.879. The molecule has 5 nitrogen and oxygen atoms in total. The molecule has 2 aromatic rings. The third-order valence-corrected chi connectivity index (χ3v) is 4.70. The summed E-state index contributed by atoms with van der Waals surface area (Å²) in [6.07, 6.45) is 0.958. The summed E-state index contributed by atoms with van der Waals surface area (Å²) in [5.74, 6) is -0.0499. The van der Waals surface area contributed by atoms with Gasteiger partial charge in [-0.05, 0) is 42.7 Å². The number of hydrogen-bond acceptors (Lipinski definition) is 2. The second kappa shape index (κ2) is 7.15. The molecule has 1 aliphatic heterocycles. The third-order valence-electron chi connectivity index (χ3n) is 4.44. The fourth-order valence-corrected chi connectivity index (χ4v) is 3.46. The molecule has 0 aromatic heterocycles. The van der Waals surface area contributed by atoms with Crippen molar-refractivity contribution in [2.24, 2.45) is 5.73 Å². The van der Waals surface area contributed by atoms with Crippen molar-refractivity contribution in [1.82, 2.24) is 5.32 Å². The topological polar surface area (TPSA) is 75.4 Å². The van der Waals surface area contributed by atoms with Gasteiger partial charge in [0.2, 0.25) is 5.91 Å². The molecule has 2 atom stereocenters. The minimum atomic E-state index is -0.664. The number of benzene rings is 2. The maximum absolute atomic E-state index is 13.0. The minimum absolute atomic E-state index is 0.0499. The first kappa shape index (κ1) is 17.3. The molecule has 1 heterocycles. The zero-order chi connectivity index (χ0) is 18.0. The lowest BCUT2D eigenvalue weighted by Gasteiger charge is -2.26. The Morgan fingerprint density at radius 1 is 1.24 bits per heavy atom. The highest BCUT2D eigenvalue weighted by Gasteiger charge is 2.32. The van der Waals surface area contributed by atoms with Crippen LogP contribution in [0.15, 0.2) is 48.5 Å². The number of anilines is 1. The number of fused-ring (bicyclic) bond motifs is 1.